The molecule has 1 saturated heterocycles. The summed E-state index contributed by atoms with van der Waals surface area (Å²) in [5.74, 6) is -2.30. The standard InChI is InChI=1S/C35H37ClN4O7S/c1-19-16-24(41)28(32(43)35(19)33(44)29-25(45-2)18-26(46-3)30(36)31(29)47-35)23(20-6-8-22(48-4)9-7-20)17-27(42)39-21-10-14-40(15-11-21)34-37-12-5-13-38-34/h5-9,12-13,18-19,21,23,43H,10-11,14-17H2,1-4H3,(H,39,42). The van der Waals surface area contributed by atoms with Gasteiger partial charge >= 0.3 is 0 Å². The fraction of sp³-hybridized carbons (Fsp3) is 0.400. The summed E-state index contributed by atoms with van der Waals surface area (Å²) in [6.45, 7) is 3.03. The van der Waals surface area contributed by atoms with Gasteiger partial charge in [0.1, 0.15) is 22.1 Å². The van der Waals surface area contributed by atoms with Gasteiger partial charge in [0.2, 0.25) is 23.2 Å². The minimum Gasteiger partial charge on any atom is -0.507 e. The number of carbonyl (C=O) groups is 3. The Morgan fingerprint density at radius 2 is 1.81 bits per heavy atom. The van der Waals surface area contributed by atoms with Gasteiger partial charge in [-0.2, -0.15) is 0 Å². The maximum Gasteiger partial charge on any atom is 0.231 e. The highest BCUT2D eigenvalue weighted by molar-refractivity contribution is 7.98. The van der Waals surface area contributed by atoms with Gasteiger partial charge in [-0.05, 0) is 42.9 Å². The normalized spacial score (nSPS) is 21.6. The van der Waals surface area contributed by atoms with Crippen molar-refractivity contribution in [1.82, 2.24) is 15.3 Å². The molecule has 3 aromatic rings. The molecule has 0 radical (unpaired) electrons. The number of piperidine rings is 1. The number of aromatic nitrogens is 2. The number of carbonyl (C=O) groups excluding carboxylic acids is 3. The van der Waals surface area contributed by atoms with Gasteiger partial charge in [-0.15, -0.1) is 11.8 Å². The van der Waals surface area contributed by atoms with Crippen molar-refractivity contribution in [2.45, 2.75) is 55.1 Å². The topological polar surface area (TPSA) is 140 Å². The number of amides is 1. The van der Waals surface area contributed by atoms with Crippen LogP contribution < -0.4 is 24.4 Å². The number of aliphatic hydroxyl groups excluding tert-OH is 1. The summed E-state index contributed by atoms with van der Waals surface area (Å²) < 4.78 is 17.2. The molecule has 3 unspecified atom stereocenters. The highest BCUT2D eigenvalue weighted by Crippen LogP contribution is 2.55. The number of halogens is 1. The van der Waals surface area contributed by atoms with Crippen LogP contribution >= 0.6 is 23.4 Å². The van der Waals surface area contributed by atoms with E-state index < -0.39 is 29.0 Å². The van der Waals surface area contributed by atoms with Crippen LogP contribution in [0.15, 0.2) is 65.0 Å². The first-order valence-electron chi connectivity index (χ1n) is 15.7. The lowest BCUT2D eigenvalue weighted by molar-refractivity contribution is -0.122. The number of hydrogen-bond donors (Lipinski definition) is 2. The number of allylic oxidation sites excluding steroid dienone is 1. The number of fused-ring (bicyclic) bond motifs is 1. The van der Waals surface area contributed by atoms with Crippen LogP contribution in [0.3, 0.4) is 0 Å². The van der Waals surface area contributed by atoms with Gasteiger partial charge in [-0.3, -0.25) is 14.4 Å². The molecular weight excluding hydrogens is 656 g/mol. The predicted octanol–water partition coefficient (Wildman–Crippen LogP) is 5.56. The van der Waals surface area contributed by atoms with Gasteiger partial charge < -0.3 is 29.5 Å². The molecule has 2 N–H and O–H groups in total. The minimum atomic E-state index is -1.95. The Bertz CT molecular complexity index is 1760. The van der Waals surface area contributed by atoms with E-state index in [2.05, 4.69) is 20.2 Å². The molecule has 1 spiro atoms. The number of anilines is 1. The summed E-state index contributed by atoms with van der Waals surface area (Å²) in [5.41, 5.74) is -1.27. The number of thioether (sulfide) groups is 1. The van der Waals surface area contributed by atoms with Crippen LogP contribution in [0.1, 0.15) is 54.4 Å². The first-order valence-corrected chi connectivity index (χ1v) is 17.3. The third kappa shape index (κ3) is 5.85. The number of nitrogens with zero attached hydrogens (tertiary/aromatic N) is 3. The Labute approximate surface area is 288 Å². The number of ether oxygens (including phenoxy) is 3. The number of ketones is 2. The second-order valence-corrected chi connectivity index (χ2v) is 13.4. The maximum atomic E-state index is 14.3. The fourth-order valence-electron chi connectivity index (χ4n) is 6.91. The van der Waals surface area contributed by atoms with Crippen LogP contribution in [0.4, 0.5) is 5.95 Å². The van der Waals surface area contributed by atoms with Gasteiger partial charge in [0.15, 0.2) is 17.3 Å². The van der Waals surface area contributed by atoms with Gasteiger partial charge in [0, 0.05) is 72.7 Å². The van der Waals surface area contributed by atoms with Gasteiger partial charge in [-0.1, -0.05) is 30.7 Å². The highest BCUT2D eigenvalue weighted by Gasteiger charge is 2.61. The van der Waals surface area contributed by atoms with Crippen molar-refractivity contribution in [3.8, 4) is 17.2 Å². The summed E-state index contributed by atoms with van der Waals surface area (Å²) >= 11 is 8.17. The predicted molar refractivity (Wildman–Crippen MR) is 182 cm³/mol. The number of methoxy groups -OCH3 is 2. The molecule has 6 rings (SSSR count). The number of hydrogen-bond acceptors (Lipinski definition) is 11. The quantitative estimate of drug-likeness (QED) is 0.272. The van der Waals surface area contributed by atoms with Gasteiger partial charge in [-0.25, -0.2) is 9.97 Å². The van der Waals surface area contributed by atoms with E-state index in [0.29, 0.717) is 37.4 Å². The van der Waals surface area contributed by atoms with E-state index in [1.165, 1.54) is 20.3 Å². The summed E-state index contributed by atoms with van der Waals surface area (Å²) in [4.78, 5) is 53.7. The first-order chi connectivity index (χ1) is 23.1. The van der Waals surface area contributed by atoms with E-state index in [-0.39, 0.29) is 64.0 Å². The molecule has 3 heterocycles. The van der Waals surface area contributed by atoms with Crippen molar-refractivity contribution >= 4 is 46.8 Å². The molecule has 0 saturated carbocycles. The minimum absolute atomic E-state index is 0.0100. The van der Waals surface area contributed by atoms with Gasteiger partial charge in [0.25, 0.3) is 0 Å². The average Bonchev–Trinajstić information content (AvgIpc) is 3.42. The van der Waals surface area contributed by atoms with Crippen LogP contribution in [0.5, 0.6) is 17.2 Å². The van der Waals surface area contributed by atoms with Crippen LogP contribution in [0, 0.1) is 5.92 Å². The molecule has 1 amide bonds. The van der Waals surface area contributed by atoms with E-state index >= 15 is 0 Å². The van der Waals surface area contributed by atoms with Crippen molar-refractivity contribution in [2.75, 3.05) is 38.5 Å². The van der Waals surface area contributed by atoms with E-state index in [9.17, 15) is 19.5 Å². The van der Waals surface area contributed by atoms with Crippen LogP contribution in [0.2, 0.25) is 5.02 Å². The number of aliphatic hydroxyl groups is 1. The Hall–Kier alpha value is -4.29. The first kappa shape index (κ1) is 33.6. The summed E-state index contributed by atoms with van der Waals surface area (Å²) in [6.07, 6.45) is 6.51. The third-order valence-electron chi connectivity index (χ3n) is 9.46. The monoisotopic (exact) mass is 692 g/mol. The molecule has 13 heteroatoms. The molecule has 11 nitrogen and oxygen atoms in total. The lowest BCUT2D eigenvalue weighted by Crippen LogP contribution is -2.53. The van der Waals surface area contributed by atoms with Crippen molar-refractivity contribution in [3.05, 3.63) is 76.3 Å². The second kappa shape index (κ2) is 13.7. The molecule has 1 fully saturated rings. The van der Waals surface area contributed by atoms with E-state index in [0.717, 1.165) is 4.90 Å². The summed E-state index contributed by atoms with van der Waals surface area (Å²) in [7, 11) is 2.83. The molecule has 48 heavy (non-hydrogen) atoms. The van der Waals surface area contributed by atoms with E-state index in [1.807, 2.05) is 30.5 Å². The molecule has 252 valence electrons. The molecule has 2 aliphatic heterocycles. The fourth-order valence-corrected chi connectivity index (χ4v) is 7.58. The van der Waals surface area contributed by atoms with Crippen molar-refractivity contribution < 1.29 is 33.7 Å². The molecular formula is C35H37ClN4O7S. The summed E-state index contributed by atoms with van der Waals surface area (Å²) in [6, 6.07) is 10.7. The molecule has 0 bridgehead atoms. The summed E-state index contributed by atoms with van der Waals surface area (Å²) in [5, 5.41) is 15.3. The maximum absolute atomic E-state index is 14.3. The zero-order chi connectivity index (χ0) is 34.2. The highest BCUT2D eigenvalue weighted by atomic mass is 35.5. The Morgan fingerprint density at radius 1 is 1.15 bits per heavy atom. The number of nitrogens with one attached hydrogen (secondary N) is 1. The SMILES string of the molecule is COc1cc(OC)c2c(c1Cl)OC1(C2=O)C(O)=C(C(CC(=O)NC2CCN(c3ncccn3)CC2)c2ccc(SC)cc2)C(=O)CC1C. The van der Waals surface area contributed by atoms with E-state index in [4.69, 9.17) is 25.8 Å². The molecule has 3 atom stereocenters. The number of Topliss-reactive ketones (excluding diaryl/α,β-unsaturated/α-hetero) is 2. The molecule has 3 aliphatic rings. The Morgan fingerprint density at radius 3 is 2.44 bits per heavy atom. The number of rotatable bonds is 9. The second-order valence-electron chi connectivity index (χ2n) is 12.2. The zero-order valence-electron chi connectivity index (χ0n) is 27.1. The van der Waals surface area contributed by atoms with Crippen molar-refractivity contribution in [2.24, 2.45) is 5.92 Å². The van der Waals surface area contributed by atoms with Crippen molar-refractivity contribution in [1.29, 1.82) is 0 Å². The lowest BCUT2D eigenvalue weighted by Gasteiger charge is -2.39. The lowest BCUT2D eigenvalue weighted by atomic mass is 9.69. The Kier molecular flexibility index (Phi) is 9.57. The largest absolute Gasteiger partial charge is 0.507 e. The third-order valence-corrected chi connectivity index (χ3v) is 10.6. The van der Waals surface area contributed by atoms with E-state index in [1.54, 1.807) is 37.1 Å². The van der Waals surface area contributed by atoms with Crippen LogP contribution in [-0.2, 0) is 9.59 Å². The molecule has 2 aromatic carbocycles. The Balaban J connectivity index is 1.34. The van der Waals surface area contributed by atoms with Gasteiger partial charge in [0.05, 0.1) is 14.2 Å². The van der Waals surface area contributed by atoms with Crippen LogP contribution in [0.25, 0.3) is 0 Å². The molecule has 1 aromatic heterocycles. The smallest absolute Gasteiger partial charge is 0.231 e. The zero-order valence-corrected chi connectivity index (χ0v) is 28.7. The molecule has 1 aliphatic carbocycles. The number of benzene rings is 2. The van der Waals surface area contributed by atoms with Crippen molar-refractivity contribution in [3.63, 3.8) is 0 Å². The van der Waals surface area contributed by atoms with Crippen LogP contribution in [-0.4, -0.2) is 77.8 Å². The average molecular weight is 693 g/mol.